The SMILES string of the molecule is C=C(Cl)C(=O)Nc1cnc(Cl)cc1C. The van der Waals surface area contributed by atoms with E-state index in [4.69, 9.17) is 23.2 Å². The lowest BCUT2D eigenvalue weighted by atomic mass is 10.2. The molecule has 0 aromatic carbocycles. The van der Waals surface area contributed by atoms with E-state index < -0.39 is 5.91 Å². The minimum Gasteiger partial charge on any atom is -0.320 e. The second-order valence-corrected chi connectivity index (χ2v) is 3.52. The van der Waals surface area contributed by atoms with E-state index in [1.807, 2.05) is 0 Å². The second kappa shape index (κ2) is 4.44. The van der Waals surface area contributed by atoms with Gasteiger partial charge in [-0.2, -0.15) is 0 Å². The number of pyridine rings is 1. The first-order valence-electron chi connectivity index (χ1n) is 3.78. The van der Waals surface area contributed by atoms with Crippen LogP contribution in [0, 0.1) is 6.92 Å². The van der Waals surface area contributed by atoms with Crippen molar-refractivity contribution < 1.29 is 4.79 Å². The molecule has 1 aromatic heterocycles. The third-order valence-corrected chi connectivity index (χ3v) is 1.95. The Kier molecular flexibility index (Phi) is 3.49. The van der Waals surface area contributed by atoms with E-state index in [0.717, 1.165) is 5.56 Å². The van der Waals surface area contributed by atoms with E-state index in [1.54, 1.807) is 13.0 Å². The lowest BCUT2D eigenvalue weighted by Gasteiger charge is -2.06. The zero-order valence-electron chi connectivity index (χ0n) is 7.47. The third kappa shape index (κ3) is 2.72. The first-order valence-corrected chi connectivity index (χ1v) is 4.54. The summed E-state index contributed by atoms with van der Waals surface area (Å²) in [6, 6.07) is 1.65. The maximum absolute atomic E-state index is 11.1. The highest BCUT2D eigenvalue weighted by Gasteiger charge is 2.06. The number of rotatable bonds is 2. The van der Waals surface area contributed by atoms with E-state index in [0.29, 0.717) is 10.8 Å². The molecule has 1 aromatic rings. The van der Waals surface area contributed by atoms with Gasteiger partial charge >= 0.3 is 0 Å². The molecule has 1 amide bonds. The monoisotopic (exact) mass is 230 g/mol. The van der Waals surface area contributed by atoms with Crippen LogP contribution in [0.2, 0.25) is 5.15 Å². The second-order valence-electron chi connectivity index (χ2n) is 2.68. The molecule has 0 saturated heterocycles. The maximum Gasteiger partial charge on any atom is 0.266 e. The van der Waals surface area contributed by atoms with Gasteiger partial charge in [-0.1, -0.05) is 29.8 Å². The highest BCUT2D eigenvalue weighted by molar-refractivity contribution is 6.43. The van der Waals surface area contributed by atoms with Gasteiger partial charge in [0, 0.05) is 0 Å². The van der Waals surface area contributed by atoms with Crippen LogP contribution in [0.1, 0.15) is 5.56 Å². The number of hydrogen-bond acceptors (Lipinski definition) is 2. The van der Waals surface area contributed by atoms with Crippen LogP contribution in [0.4, 0.5) is 5.69 Å². The molecular formula is C9H8Cl2N2O. The molecule has 14 heavy (non-hydrogen) atoms. The summed E-state index contributed by atoms with van der Waals surface area (Å²) in [5.74, 6) is -0.445. The number of anilines is 1. The fourth-order valence-electron chi connectivity index (χ4n) is 0.843. The van der Waals surface area contributed by atoms with Crippen molar-refractivity contribution >= 4 is 34.8 Å². The van der Waals surface area contributed by atoms with Crippen molar-refractivity contribution in [3.8, 4) is 0 Å². The summed E-state index contributed by atoms with van der Waals surface area (Å²) in [7, 11) is 0. The number of hydrogen-bond donors (Lipinski definition) is 1. The molecule has 74 valence electrons. The number of carbonyl (C=O) groups excluding carboxylic acids is 1. The fourth-order valence-corrected chi connectivity index (χ4v) is 1.10. The van der Waals surface area contributed by atoms with E-state index in [1.165, 1.54) is 6.20 Å². The average molecular weight is 231 g/mol. The molecule has 0 unspecified atom stereocenters. The van der Waals surface area contributed by atoms with Crippen molar-refractivity contribution in [1.82, 2.24) is 4.98 Å². The molecule has 3 nitrogen and oxygen atoms in total. The minimum atomic E-state index is -0.445. The van der Waals surface area contributed by atoms with Crippen molar-refractivity contribution in [3.05, 3.63) is 34.6 Å². The van der Waals surface area contributed by atoms with Gasteiger partial charge in [0.25, 0.3) is 5.91 Å². The number of aromatic nitrogens is 1. The summed E-state index contributed by atoms with van der Waals surface area (Å²) in [6.07, 6.45) is 1.47. The molecular weight excluding hydrogens is 223 g/mol. The Morgan fingerprint density at radius 3 is 2.79 bits per heavy atom. The first-order chi connectivity index (χ1) is 6.50. The van der Waals surface area contributed by atoms with Gasteiger partial charge in [-0.05, 0) is 18.6 Å². The normalized spacial score (nSPS) is 9.64. The molecule has 1 rings (SSSR count). The molecule has 0 fully saturated rings. The predicted octanol–water partition coefficient (Wildman–Crippen LogP) is 2.73. The predicted molar refractivity (Wildman–Crippen MR) is 57.6 cm³/mol. The molecule has 1 heterocycles. The van der Waals surface area contributed by atoms with E-state index in [-0.39, 0.29) is 5.03 Å². The Morgan fingerprint density at radius 2 is 2.29 bits per heavy atom. The van der Waals surface area contributed by atoms with Crippen LogP contribution in [0.5, 0.6) is 0 Å². The number of nitrogens with zero attached hydrogens (tertiary/aromatic N) is 1. The van der Waals surface area contributed by atoms with Crippen molar-refractivity contribution in [2.24, 2.45) is 0 Å². The van der Waals surface area contributed by atoms with Crippen molar-refractivity contribution in [2.45, 2.75) is 6.92 Å². The van der Waals surface area contributed by atoms with E-state index >= 15 is 0 Å². The minimum absolute atomic E-state index is 0.0700. The van der Waals surface area contributed by atoms with Crippen LogP contribution in [0.25, 0.3) is 0 Å². The molecule has 0 bridgehead atoms. The zero-order chi connectivity index (χ0) is 10.7. The topological polar surface area (TPSA) is 42.0 Å². The molecule has 0 aliphatic carbocycles. The summed E-state index contributed by atoms with van der Waals surface area (Å²) >= 11 is 11.1. The summed E-state index contributed by atoms with van der Waals surface area (Å²) in [4.78, 5) is 15.0. The number of amides is 1. The van der Waals surface area contributed by atoms with Crippen LogP contribution in [-0.2, 0) is 4.79 Å². The van der Waals surface area contributed by atoms with Crippen LogP contribution < -0.4 is 5.32 Å². The van der Waals surface area contributed by atoms with E-state index in [9.17, 15) is 4.79 Å². The van der Waals surface area contributed by atoms with Gasteiger partial charge in [0.05, 0.1) is 16.9 Å². The number of halogens is 2. The van der Waals surface area contributed by atoms with Gasteiger partial charge in [0.15, 0.2) is 0 Å². The fraction of sp³-hybridized carbons (Fsp3) is 0.111. The van der Waals surface area contributed by atoms with Gasteiger partial charge in [0.2, 0.25) is 0 Å². The van der Waals surface area contributed by atoms with Crippen molar-refractivity contribution in [3.63, 3.8) is 0 Å². The Bertz CT molecular complexity index is 390. The smallest absolute Gasteiger partial charge is 0.266 e. The maximum atomic E-state index is 11.1. The van der Waals surface area contributed by atoms with Crippen LogP contribution in [-0.4, -0.2) is 10.9 Å². The summed E-state index contributed by atoms with van der Waals surface area (Å²) in [5, 5.41) is 2.86. The lowest BCUT2D eigenvalue weighted by molar-refractivity contribution is -0.112. The lowest BCUT2D eigenvalue weighted by Crippen LogP contribution is -2.11. The summed E-state index contributed by atoms with van der Waals surface area (Å²) in [6.45, 7) is 5.11. The quantitative estimate of drug-likeness (QED) is 0.628. The summed E-state index contributed by atoms with van der Waals surface area (Å²) < 4.78 is 0. The van der Waals surface area contributed by atoms with Gasteiger partial charge in [0.1, 0.15) is 5.15 Å². The first kappa shape index (κ1) is 11.0. The third-order valence-electron chi connectivity index (χ3n) is 1.57. The van der Waals surface area contributed by atoms with Gasteiger partial charge in [-0.3, -0.25) is 4.79 Å². The number of aryl methyl sites for hydroxylation is 1. The van der Waals surface area contributed by atoms with Gasteiger partial charge < -0.3 is 5.32 Å². The Hall–Kier alpha value is -1.06. The van der Waals surface area contributed by atoms with Crippen LogP contribution >= 0.6 is 23.2 Å². The van der Waals surface area contributed by atoms with Crippen molar-refractivity contribution in [1.29, 1.82) is 0 Å². The Labute approximate surface area is 91.7 Å². The number of carbonyl (C=O) groups is 1. The summed E-state index contributed by atoms with van der Waals surface area (Å²) in [5.41, 5.74) is 1.39. The van der Waals surface area contributed by atoms with Gasteiger partial charge in [-0.25, -0.2) is 4.98 Å². The van der Waals surface area contributed by atoms with Crippen molar-refractivity contribution in [2.75, 3.05) is 5.32 Å². The molecule has 0 saturated carbocycles. The number of nitrogens with one attached hydrogen (secondary N) is 1. The molecule has 0 aliphatic rings. The van der Waals surface area contributed by atoms with Crippen LogP contribution in [0.15, 0.2) is 23.9 Å². The highest BCUT2D eigenvalue weighted by Crippen LogP contribution is 2.17. The van der Waals surface area contributed by atoms with Gasteiger partial charge in [-0.15, -0.1) is 0 Å². The molecule has 5 heteroatoms. The molecule has 0 atom stereocenters. The average Bonchev–Trinajstić information content (AvgIpc) is 2.09. The molecule has 0 aliphatic heterocycles. The zero-order valence-corrected chi connectivity index (χ0v) is 8.99. The Balaban J connectivity index is 2.87. The largest absolute Gasteiger partial charge is 0.320 e. The Morgan fingerprint density at radius 1 is 1.64 bits per heavy atom. The molecule has 0 radical (unpaired) electrons. The van der Waals surface area contributed by atoms with Crippen LogP contribution in [0.3, 0.4) is 0 Å². The standard InChI is InChI=1S/C9H8Cl2N2O/c1-5-3-8(11)12-4-7(5)13-9(14)6(2)10/h3-4H,2H2,1H3,(H,13,14). The highest BCUT2D eigenvalue weighted by atomic mass is 35.5. The molecule has 0 spiro atoms. The molecule has 1 N–H and O–H groups in total. The van der Waals surface area contributed by atoms with E-state index in [2.05, 4.69) is 16.9 Å².